The molecule has 0 atom stereocenters. The van der Waals surface area contributed by atoms with Gasteiger partial charge >= 0.3 is 6.01 Å². The molecule has 0 unspecified atom stereocenters. The molecular weight excluding hydrogens is 388 g/mol. The second-order valence-electron chi connectivity index (χ2n) is 6.12. The minimum Gasteiger partial charge on any atom is -0.481 e. The predicted octanol–water partition coefficient (Wildman–Crippen LogP) is 3.95. The first-order chi connectivity index (χ1) is 14.2. The van der Waals surface area contributed by atoms with Gasteiger partial charge in [-0.05, 0) is 17.7 Å². The number of nitrogens with zero attached hydrogens (tertiary/aromatic N) is 4. The van der Waals surface area contributed by atoms with Crippen LogP contribution in [0.15, 0.2) is 60.7 Å². The lowest BCUT2D eigenvalue weighted by molar-refractivity contribution is 0.0978. The van der Waals surface area contributed by atoms with Crippen molar-refractivity contribution < 1.29 is 14.3 Å². The molecule has 0 spiro atoms. The summed E-state index contributed by atoms with van der Waals surface area (Å²) in [5.41, 5.74) is 1.99. The Kier molecular flexibility index (Phi) is 5.35. The van der Waals surface area contributed by atoms with E-state index < -0.39 is 0 Å². The zero-order valence-corrected chi connectivity index (χ0v) is 16.7. The minimum absolute atomic E-state index is 0.0664. The topological polar surface area (TPSA) is 77.4 Å². The van der Waals surface area contributed by atoms with Gasteiger partial charge in [-0.1, -0.05) is 53.8 Å². The lowest BCUT2D eigenvalue weighted by atomic mass is 10.2. The quantitative estimate of drug-likeness (QED) is 0.483. The molecule has 2 heterocycles. The van der Waals surface area contributed by atoms with Crippen LogP contribution >= 0.6 is 11.3 Å². The molecule has 0 N–H and O–H groups in total. The molecule has 4 aromatic rings. The van der Waals surface area contributed by atoms with Gasteiger partial charge in [0, 0.05) is 6.07 Å². The predicted molar refractivity (Wildman–Crippen MR) is 112 cm³/mol. The van der Waals surface area contributed by atoms with E-state index in [0.717, 1.165) is 15.8 Å². The van der Waals surface area contributed by atoms with E-state index in [1.54, 1.807) is 4.90 Å². The van der Waals surface area contributed by atoms with Gasteiger partial charge in [0.25, 0.3) is 5.91 Å². The fraction of sp³-hybridized carbons (Fsp3) is 0.143. The van der Waals surface area contributed by atoms with Gasteiger partial charge in [0.2, 0.25) is 5.88 Å². The molecule has 8 heteroatoms. The van der Waals surface area contributed by atoms with Crippen LogP contribution in [0, 0.1) is 0 Å². The van der Waals surface area contributed by atoms with Crippen LogP contribution in [0.4, 0.5) is 5.13 Å². The van der Waals surface area contributed by atoms with Gasteiger partial charge in [-0.2, -0.15) is 9.97 Å². The maximum absolute atomic E-state index is 13.5. The molecule has 0 aliphatic heterocycles. The van der Waals surface area contributed by atoms with Crippen LogP contribution in [0.2, 0.25) is 0 Å². The first-order valence-corrected chi connectivity index (χ1v) is 9.68. The number of hydrogen-bond donors (Lipinski definition) is 0. The van der Waals surface area contributed by atoms with Crippen LogP contribution in [-0.2, 0) is 6.54 Å². The third kappa shape index (κ3) is 4.02. The first-order valence-electron chi connectivity index (χ1n) is 8.86. The van der Waals surface area contributed by atoms with Gasteiger partial charge in [-0.3, -0.25) is 9.69 Å². The lowest BCUT2D eigenvalue weighted by Crippen LogP contribution is -2.31. The Morgan fingerprint density at radius 2 is 1.72 bits per heavy atom. The van der Waals surface area contributed by atoms with Gasteiger partial charge in [0.15, 0.2) is 5.13 Å². The SMILES string of the molecule is COc1cc(C(=O)N(Cc2ccccc2)c2nc3ccccc3s2)nc(OC)n1. The van der Waals surface area contributed by atoms with E-state index in [1.807, 2.05) is 54.6 Å². The highest BCUT2D eigenvalue weighted by Crippen LogP contribution is 2.31. The van der Waals surface area contributed by atoms with E-state index in [9.17, 15) is 4.79 Å². The van der Waals surface area contributed by atoms with E-state index in [-0.39, 0.29) is 23.5 Å². The normalized spacial score (nSPS) is 10.7. The Morgan fingerprint density at radius 1 is 0.966 bits per heavy atom. The number of carbonyl (C=O) groups is 1. The Hall–Kier alpha value is -3.52. The summed E-state index contributed by atoms with van der Waals surface area (Å²) in [6, 6.07) is 19.1. The standard InChI is InChI=1S/C21H18N4O3S/c1-27-18-12-16(22-20(24-18)28-2)19(26)25(13-14-8-4-3-5-9-14)21-23-15-10-6-7-11-17(15)29-21/h3-12H,13H2,1-2H3. The molecule has 0 bridgehead atoms. The van der Waals surface area contributed by atoms with Crippen LogP contribution in [0.1, 0.15) is 16.1 Å². The second-order valence-corrected chi connectivity index (χ2v) is 7.13. The van der Waals surface area contributed by atoms with Crippen molar-refractivity contribution in [2.24, 2.45) is 0 Å². The highest BCUT2D eigenvalue weighted by molar-refractivity contribution is 7.22. The Bertz CT molecular complexity index is 1090. The number of hydrogen-bond acceptors (Lipinski definition) is 7. The maximum atomic E-state index is 13.5. The molecule has 0 saturated carbocycles. The lowest BCUT2D eigenvalue weighted by Gasteiger charge is -2.20. The highest BCUT2D eigenvalue weighted by atomic mass is 32.1. The largest absolute Gasteiger partial charge is 0.481 e. The van der Waals surface area contributed by atoms with Crippen molar-refractivity contribution in [2.75, 3.05) is 19.1 Å². The molecule has 0 fully saturated rings. The molecule has 0 aliphatic carbocycles. The summed E-state index contributed by atoms with van der Waals surface area (Å²) in [6.07, 6.45) is 0. The number of amides is 1. The molecule has 7 nitrogen and oxygen atoms in total. The second kappa shape index (κ2) is 8.24. The fourth-order valence-corrected chi connectivity index (χ4v) is 3.78. The number of methoxy groups -OCH3 is 2. The van der Waals surface area contributed by atoms with Crippen molar-refractivity contribution in [3.63, 3.8) is 0 Å². The van der Waals surface area contributed by atoms with Crippen molar-refractivity contribution in [3.05, 3.63) is 71.9 Å². The number of benzene rings is 2. The molecule has 29 heavy (non-hydrogen) atoms. The summed E-state index contributed by atoms with van der Waals surface area (Å²) < 4.78 is 11.3. The van der Waals surface area contributed by atoms with Crippen molar-refractivity contribution >= 4 is 32.6 Å². The molecular formula is C21H18N4O3S. The average Bonchev–Trinajstić information content (AvgIpc) is 3.21. The number of anilines is 1. The van der Waals surface area contributed by atoms with Crippen LogP contribution in [-0.4, -0.2) is 35.1 Å². The maximum Gasteiger partial charge on any atom is 0.320 e. The monoisotopic (exact) mass is 406 g/mol. The third-order valence-corrected chi connectivity index (χ3v) is 5.29. The summed E-state index contributed by atoms with van der Waals surface area (Å²) in [7, 11) is 2.92. The van der Waals surface area contributed by atoms with Gasteiger partial charge in [-0.15, -0.1) is 0 Å². The number of aromatic nitrogens is 3. The number of para-hydroxylation sites is 1. The van der Waals surface area contributed by atoms with Crippen molar-refractivity contribution in [2.45, 2.75) is 6.54 Å². The molecule has 0 radical (unpaired) electrons. The molecule has 146 valence electrons. The molecule has 2 aromatic heterocycles. The molecule has 4 rings (SSSR count). The van der Waals surface area contributed by atoms with Gasteiger partial charge in [0.1, 0.15) is 5.69 Å². The van der Waals surface area contributed by atoms with Gasteiger partial charge in [0.05, 0.1) is 31.0 Å². The molecule has 1 amide bonds. The van der Waals surface area contributed by atoms with E-state index >= 15 is 0 Å². The third-order valence-electron chi connectivity index (χ3n) is 4.24. The summed E-state index contributed by atoms with van der Waals surface area (Å²) in [4.78, 5) is 28.0. The zero-order chi connectivity index (χ0) is 20.2. The van der Waals surface area contributed by atoms with Crippen molar-refractivity contribution in [1.82, 2.24) is 15.0 Å². The Morgan fingerprint density at radius 3 is 2.45 bits per heavy atom. The van der Waals surface area contributed by atoms with Crippen molar-refractivity contribution in [3.8, 4) is 11.9 Å². The zero-order valence-electron chi connectivity index (χ0n) is 15.9. The number of thiazole rings is 1. The number of fused-ring (bicyclic) bond motifs is 1. The smallest absolute Gasteiger partial charge is 0.320 e. The van der Waals surface area contributed by atoms with E-state index in [2.05, 4.69) is 15.0 Å². The molecule has 0 aliphatic rings. The summed E-state index contributed by atoms with van der Waals surface area (Å²) in [6.45, 7) is 0.355. The van der Waals surface area contributed by atoms with E-state index in [0.29, 0.717) is 11.7 Å². The summed E-state index contributed by atoms with van der Waals surface area (Å²) in [5, 5.41) is 0.594. The first kappa shape index (κ1) is 18.8. The summed E-state index contributed by atoms with van der Waals surface area (Å²) in [5.74, 6) is -0.0592. The van der Waals surface area contributed by atoms with Crippen LogP contribution < -0.4 is 14.4 Å². The van der Waals surface area contributed by atoms with Gasteiger partial charge in [-0.25, -0.2) is 4.98 Å². The van der Waals surface area contributed by atoms with Crippen LogP contribution in [0.5, 0.6) is 11.9 Å². The van der Waals surface area contributed by atoms with Gasteiger partial charge < -0.3 is 9.47 Å². The minimum atomic E-state index is -0.313. The fourth-order valence-electron chi connectivity index (χ4n) is 2.82. The molecule has 2 aromatic carbocycles. The van der Waals surface area contributed by atoms with Crippen LogP contribution in [0.25, 0.3) is 10.2 Å². The van der Waals surface area contributed by atoms with Crippen molar-refractivity contribution in [1.29, 1.82) is 0 Å². The van der Waals surface area contributed by atoms with E-state index in [4.69, 9.17) is 9.47 Å². The van der Waals surface area contributed by atoms with E-state index in [1.165, 1.54) is 31.6 Å². The average molecular weight is 406 g/mol. The number of carbonyl (C=O) groups excluding carboxylic acids is 1. The number of rotatable bonds is 6. The Labute approximate surface area is 171 Å². The summed E-state index contributed by atoms with van der Waals surface area (Å²) >= 11 is 1.46. The number of ether oxygens (including phenoxy) is 2. The Balaban J connectivity index is 1.78. The van der Waals surface area contributed by atoms with Crippen LogP contribution in [0.3, 0.4) is 0 Å². The highest BCUT2D eigenvalue weighted by Gasteiger charge is 2.24. The molecule has 0 saturated heterocycles.